The van der Waals surface area contributed by atoms with Crippen LogP contribution in [0, 0.1) is 17.0 Å². The van der Waals surface area contributed by atoms with Crippen molar-refractivity contribution in [1.82, 2.24) is 0 Å². The molecule has 0 atom stereocenters. The number of nitrogens with one attached hydrogen (secondary N) is 1. The summed E-state index contributed by atoms with van der Waals surface area (Å²) in [5.74, 6) is 0.170. The van der Waals surface area contributed by atoms with Gasteiger partial charge in [0.25, 0.3) is 11.6 Å². The first kappa shape index (κ1) is 18.7. The number of carbonyl (C=O) groups excluding carboxylic acids is 1. The predicted octanol–water partition coefficient (Wildman–Crippen LogP) is 3.00. The van der Waals surface area contributed by atoms with E-state index in [1.54, 1.807) is 18.2 Å². The van der Waals surface area contributed by atoms with Gasteiger partial charge < -0.3 is 19.7 Å². The number of rotatable bonds is 5. The Morgan fingerprint density at radius 3 is 2.67 bits per heavy atom. The van der Waals surface area contributed by atoms with E-state index < -0.39 is 4.92 Å². The summed E-state index contributed by atoms with van der Waals surface area (Å²) < 4.78 is 10.7. The molecule has 1 aliphatic rings. The first-order chi connectivity index (χ1) is 13.0. The minimum Gasteiger partial charge on any atom is -0.496 e. The van der Waals surface area contributed by atoms with Gasteiger partial charge in [0.05, 0.1) is 42.2 Å². The van der Waals surface area contributed by atoms with Crippen LogP contribution in [0.3, 0.4) is 0 Å². The van der Waals surface area contributed by atoms with Crippen molar-refractivity contribution in [1.29, 1.82) is 0 Å². The van der Waals surface area contributed by atoms with Gasteiger partial charge in [-0.1, -0.05) is 12.1 Å². The van der Waals surface area contributed by atoms with Gasteiger partial charge in [-0.2, -0.15) is 0 Å². The molecule has 1 aliphatic heterocycles. The minimum atomic E-state index is -0.445. The summed E-state index contributed by atoms with van der Waals surface area (Å²) >= 11 is 0. The average Bonchev–Trinajstić information content (AvgIpc) is 2.68. The standard InChI is InChI=1S/C19H21N3O5/c1-13-4-3-5-15(18(13)26-2)19(23)20-16-7-6-14(22(24)25)12-17(16)21-8-10-27-11-9-21/h3-7,12H,8-11H2,1-2H3,(H,20,23). The van der Waals surface area contributed by atoms with E-state index in [-0.39, 0.29) is 11.6 Å². The second kappa shape index (κ2) is 8.05. The summed E-state index contributed by atoms with van der Waals surface area (Å²) in [5, 5.41) is 14.0. The number of ether oxygens (including phenoxy) is 2. The van der Waals surface area contributed by atoms with E-state index in [4.69, 9.17) is 9.47 Å². The van der Waals surface area contributed by atoms with Gasteiger partial charge in [0.2, 0.25) is 0 Å². The van der Waals surface area contributed by atoms with E-state index in [0.29, 0.717) is 49.0 Å². The Kier molecular flexibility index (Phi) is 5.56. The molecule has 1 heterocycles. The Bertz CT molecular complexity index is 862. The number of nitrogens with zero attached hydrogens (tertiary/aromatic N) is 2. The number of aryl methyl sites for hydroxylation is 1. The number of hydrogen-bond donors (Lipinski definition) is 1. The number of para-hydroxylation sites is 1. The fraction of sp³-hybridized carbons (Fsp3) is 0.316. The van der Waals surface area contributed by atoms with Crippen LogP contribution in [0.15, 0.2) is 36.4 Å². The summed E-state index contributed by atoms with van der Waals surface area (Å²) in [5.41, 5.74) is 2.34. The second-order valence-electron chi connectivity index (χ2n) is 6.17. The van der Waals surface area contributed by atoms with Gasteiger partial charge >= 0.3 is 0 Å². The van der Waals surface area contributed by atoms with Gasteiger partial charge in [0.1, 0.15) is 5.75 Å². The molecule has 2 aromatic carbocycles. The third-order valence-corrected chi connectivity index (χ3v) is 4.45. The molecule has 1 saturated heterocycles. The quantitative estimate of drug-likeness (QED) is 0.641. The van der Waals surface area contributed by atoms with Crippen molar-refractivity contribution >= 4 is 23.0 Å². The molecule has 0 aliphatic carbocycles. The lowest BCUT2D eigenvalue weighted by Gasteiger charge is -2.30. The van der Waals surface area contributed by atoms with Gasteiger partial charge in [-0.15, -0.1) is 0 Å². The van der Waals surface area contributed by atoms with Gasteiger partial charge in [-0.3, -0.25) is 14.9 Å². The van der Waals surface area contributed by atoms with Gasteiger partial charge in [-0.05, 0) is 24.6 Å². The minimum absolute atomic E-state index is 0.0253. The maximum Gasteiger partial charge on any atom is 0.271 e. The number of hydrogen-bond acceptors (Lipinski definition) is 6. The highest BCUT2D eigenvalue weighted by Gasteiger charge is 2.21. The van der Waals surface area contributed by atoms with E-state index in [9.17, 15) is 14.9 Å². The fourth-order valence-electron chi connectivity index (χ4n) is 3.10. The van der Waals surface area contributed by atoms with Crippen LogP contribution in [-0.2, 0) is 4.74 Å². The lowest BCUT2D eigenvalue weighted by Crippen LogP contribution is -2.36. The molecule has 0 radical (unpaired) electrons. The SMILES string of the molecule is COc1c(C)cccc1C(=O)Nc1ccc([N+](=O)[O-])cc1N1CCOCC1. The number of nitro benzene ring substituents is 1. The lowest BCUT2D eigenvalue weighted by molar-refractivity contribution is -0.384. The van der Waals surface area contributed by atoms with Crippen LogP contribution in [0.5, 0.6) is 5.75 Å². The number of nitro groups is 1. The zero-order valence-electron chi connectivity index (χ0n) is 15.2. The van der Waals surface area contributed by atoms with E-state index in [2.05, 4.69) is 5.32 Å². The lowest BCUT2D eigenvalue weighted by atomic mass is 10.1. The highest BCUT2D eigenvalue weighted by molar-refractivity contribution is 6.08. The summed E-state index contributed by atoms with van der Waals surface area (Å²) in [6.45, 7) is 4.11. The van der Waals surface area contributed by atoms with Crippen LogP contribution in [0.1, 0.15) is 15.9 Å². The maximum atomic E-state index is 12.8. The predicted molar refractivity (Wildman–Crippen MR) is 102 cm³/mol. The molecule has 27 heavy (non-hydrogen) atoms. The molecule has 1 fully saturated rings. The average molecular weight is 371 g/mol. The van der Waals surface area contributed by atoms with Gasteiger partial charge in [-0.25, -0.2) is 0 Å². The third kappa shape index (κ3) is 4.01. The summed E-state index contributed by atoms with van der Waals surface area (Å²) in [4.78, 5) is 25.5. The molecule has 0 bridgehead atoms. The molecule has 3 rings (SSSR count). The number of carbonyl (C=O) groups is 1. The third-order valence-electron chi connectivity index (χ3n) is 4.45. The highest BCUT2D eigenvalue weighted by Crippen LogP contribution is 2.32. The van der Waals surface area contributed by atoms with Crippen LogP contribution < -0.4 is 15.0 Å². The molecular formula is C19H21N3O5. The van der Waals surface area contributed by atoms with E-state index in [1.807, 2.05) is 17.9 Å². The first-order valence-corrected chi connectivity index (χ1v) is 8.57. The Labute approximate surface area is 156 Å². The maximum absolute atomic E-state index is 12.8. The zero-order chi connectivity index (χ0) is 19.4. The van der Waals surface area contributed by atoms with Crippen molar-refractivity contribution in [2.24, 2.45) is 0 Å². The second-order valence-corrected chi connectivity index (χ2v) is 6.17. The molecule has 2 aromatic rings. The van der Waals surface area contributed by atoms with Crippen molar-refractivity contribution in [3.8, 4) is 5.75 Å². The molecule has 1 amide bonds. The van der Waals surface area contributed by atoms with Crippen molar-refractivity contribution < 1.29 is 19.2 Å². The Hall–Kier alpha value is -3.13. The van der Waals surface area contributed by atoms with Crippen LogP contribution in [0.2, 0.25) is 0 Å². The molecule has 1 N–H and O–H groups in total. The number of benzene rings is 2. The topological polar surface area (TPSA) is 93.9 Å². The van der Waals surface area contributed by atoms with Crippen molar-refractivity contribution in [2.75, 3.05) is 43.6 Å². The Morgan fingerprint density at radius 2 is 2.00 bits per heavy atom. The smallest absolute Gasteiger partial charge is 0.271 e. The van der Waals surface area contributed by atoms with Crippen LogP contribution >= 0.6 is 0 Å². The molecular weight excluding hydrogens is 350 g/mol. The zero-order valence-corrected chi connectivity index (χ0v) is 15.2. The monoisotopic (exact) mass is 371 g/mol. The molecule has 8 nitrogen and oxygen atoms in total. The van der Waals surface area contributed by atoms with Crippen LogP contribution in [-0.4, -0.2) is 44.2 Å². The Balaban J connectivity index is 1.95. The highest BCUT2D eigenvalue weighted by atomic mass is 16.6. The molecule has 8 heteroatoms. The molecule has 0 unspecified atom stereocenters. The molecule has 0 saturated carbocycles. The number of non-ortho nitro benzene ring substituents is 1. The molecule has 0 aromatic heterocycles. The number of amides is 1. The first-order valence-electron chi connectivity index (χ1n) is 8.57. The summed E-state index contributed by atoms with van der Waals surface area (Å²) in [6.07, 6.45) is 0. The molecule has 0 spiro atoms. The van der Waals surface area contributed by atoms with Crippen molar-refractivity contribution in [3.05, 3.63) is 57.6 Å². The summed E-state index contributed by atoms with van der Waals surface area (Å²) in [6, 6.07) is 9.75. The van der Waals surface area contributed by atoms with Crippen molar-refractivity contribution in [2.45, 2.75) is 6.92 Å². The number of methoxy groups -OCH3 is 1. The van der Waals surface area contributed by atoms with Crippen molar-refractivity contribution in [3.63, 3.8) is 0 Å². The van der Waals surface area contributed by atoms with E-state index >= 15 is 0 Å². The molecule has 142 valence electrons. The van der Waals surface area contributed by atoms with Gasteiger partial charge in [0.15, 0.2) is 0 Å². The van der Waals surface area contributed by atoms with E-state index in [0.717, 1.165) is 5.56 Å². The van der Waals surface area contributed by atoms with Gasteiger partial charge in [0, 0.05) is 25.2 Å². The number of anilines is 2. The van der Waals surface area contributed by atoms with Crippen LogP contribution in [0.4, 0.5) is 17.1 Å². The fourth-order valence-corrected chi connectivity index (χ4v) is 3.10. The normalized spacial score (nSPS) is 13.9. The van der Waals surface area contributed by atoms with E-state index in [1.165, 1.54) is 19.2 Å². The summed E-state index contributed by atoms with van der Waals surface area (Å²) in [7, 11) is 1.52. The Morgan fingerprint density at radius 1 is 1.26 bits per heavy atom. The number of morpholine rings is 1. The largest absolute Gasteiger partial charge is 0.496 e. The van der Waals surface area contributed by atoms with Crippen LogP contribution in [0.25, 0.3) is 0 Å².